The van der Waals surface area contributed by atoms with Gasteiger partial charge in [0.15, 0.2) is 0 Å². The van der Waals surface area contributed by atoms with Crippen LogP contribution in [0, 0.1) is 0 Å². The molecule has 2 aromatic rings. The number of fused-ring (bicyclic) bond motifs is 1. The molecule has 0 saturated carbocycles. The van der Waals surface area contributed by atoms with Gasteiger partial charge in [0, 0.05) is 19.2 Å². The molecule has 3 amide bonds. The van der Waals surface area contributed by atoms with E-state index in [4.69, 9.17) is 17.3 Å². The molecule has 0 spiro atoms. The van der Waals surface area contributed by atoms with Gasteiger partial charge in [0.25, 0.3) is 23.3 Å². The minimum absolute atomic E-state index is 0.0470. The van der Waals surface area contributed by atoms with E-state index in [1.54, 1.807) is 17.0 Å². The van der Waals surface area contributed by atoms with Crippen molar-refractivity contribution in [1.82, 2.24) is 14.8 Å². The number of nitrogen functional groups attached to an aromatic ring is 1. The fourth-order valence-electron chi connectivity index (χ4n) is 3.63. The van der Waals surface area contributed by atoms with Crippen LogP contribution >= 0.6 is 11.6 Å². The van der Waals surface area contributed by atoms with Crippen LogP contribution in [0.1, 0.15) is 50.3 Å². The van der Waals surface area contributed by atoms with Crippen LogP contribution in [0.2, 0.25) is 5.02 Å². The number of nitrogens with two attached hydrogens (primary N) is 1. The molecule has 0 bridgehead atoms. The summed E-state index contributed by atoms with van der Waals surface area (Å²) in [6.07, 6.45) is 3.03. The van der Waals surface area contributed by atoms with Crippen LogP contribution in [0.3, 0.4) is 0 Å². The van der Waals surface area contributed by atoms with Gasteiger partial charge in [0.1, 0.15) is 5.82 Å². The number of nitrogens with one attached hydrogen (secondary N) is 1. The minimum Gasteiger partial charge on any atom is -0.384 e. The second-order valence-corrected chi connectivity index (χ2v) is 7.20. The lowest BCUT2D eigenvalue weighted by Crippen LogP contribution is -2.35. The standard InChI is InChI=1S/C19H17ClN4O4/c20-13-8-10(4-5-11(13)19(28)23-6-2-1-3-7-23)24-14(25)9-12-15(16(24)21)18(27)22-17(12)26/h4-5,8-9H,1-3,6-7,21H2,(H,22,26,27). The van der Waals surface area contributed by atoms with Crippen molar-refractivity contribution in [2.45, 2.75) is 19.3 Å². The number of carbonyl (C=O) groups excluding carboxylic acids is 3. The fourth-order valence-corrected chi connectivity index (χ4v) is 3.89. The van der Waals surface area contributed by atoms with Gasteiger partial charge in [-0.2, -0.15) is 0 Å². The third-order valence-electron chi connectivity index (χ3n) is 5.04. The summed E-state index contributed by atoms with van der Waals surface area (Å²) in [6.45, 7) is 1.38. The highest BCUT2D eigenvalue weighted by molar-refractivity contribution is 6.34. The summed E-state index contributed by atoms with van der Waals surface area (Å²) >= 11 is 6.33. The number of piperidine rings is 1. The number of hydrogen-bond donors (Lipinski definition) is 2. The average molecular weight is 401 g/mol. The number of carbonyl (C=O) groups is 3. The van der Waals surface area contributed by atoms with E-state index in [9.17, 15) is 19.2 Å². The number of rotatable bonds is 2. The molecule has 9 heteroatoms. The first-order valence-corrected chi connectivity index (χ1v) is 9.26. The first-order valence-electron chi connectivity index (χ1n) is 8.89. The predicted molar refractivity (Wildman–Crippen MR) is 103 cm³/mol. The van der Waals surface area contributed by atoms with Crippen molar-refractivity contribution < 1.29 is 14.4 Å². The highest BCUT2D eigenvalue weighted by Crippen LogP contribution is 2.26. The van der Waals surface area contributed by atoms with Crippen LogP contribution in [0.25, 0.3) is 5.69 Å². The molecular formula is C19H17ClN4O4. The summed E-state index contributed by atoms with van der Waals surface area (Å²) in [7, 11) is 0. The summed E-state index contributed by atoms with van der Waals surface area (Å²) < 4.78 is 1.10. The molecule has 1 saturated heterocycles. The number of anilines is 1. The Hall–Kier alpha value is -3.13. The van der Waals surface area contributed by atoms with Crippen LogP contribution in [-0.4, -0.2) is 40.3 Å². The topological polar surface area (TPSA) is 114 Å². The van der Waals surface area contributed by atoms with E-state index in [0.717, 1.165) is 29.9 Å². The van der Waals surface area contributed by atoms with Gasteiger partial charge in [0.2, 0.25) is 0 Å². The first-order chi connectivity index (χ1) is 13.4. The quantitative estimate of drug-likeness (QED) is 0.743. The molecule has 0 radical (unpaired) electrons. The molecule has 1 aromatic heterocycles. The highest BCUT2D eigenvalue weighted by Gasteiger charge is 2.32. The largest absolute Gasteiger partial charge is 0.384 e. The van der Waals surface area contributed by atoms with E-state index in [1.807, 2.05) is 0 Å². The van der Waals surface area contributed by atoms with Gasteiger partial charge in [0.05, 0.1) is 27.4 Å². The molecule has 8 nitrogen and oxygen atoms in total. The fraction of sp³-hybridized carbons (Fsp3) is 0.263. The van der Waals surface area contributed by atoms with E-state index in [1.165, 1.54) is 6.07 Å². The Kier molecular flexibility index (Phi) is 4.43. The Bertz CT molecular complexity index is 1090. The number of likely N-dealkylation sites (tertiary alicyclic amines) is 1. The van der Waals surface area contributed by atoms with Gasteiger partial charge in [-0.25, -0.2) is 0 Å². The zero-order valence-electron chi connectivity index (χ0n) is 14.8. The van der Waals surface area contributed by atoms with E-state index >= 15 is 0 Å². The second-order valence-electron chi connectivity index (χ2n) is 6.79. The van der Waals surface area contributed by atoms with E-state index < -0.39 is 17.4 Å². The molecule has 4 rings (SSSR count). The van der Waals surface area contributed by atoms with Crippen molar-refractivity contribution in [3.63, 3.8) is 0 Å². The van der Waals surface area contributed by atoms with Crippen LogP contribution in [0.5, 0.6) is 0 Å². The SMILES string of the molecule is Nc1c2c(cc(=O)n1-c1ccc(C(=O)N3CCCCC3)c(Cl)c1)C(=O)NC2=O. The molecule has 2 aliphatic heterocycles. The number of hydrogen-bond acceptors (Lipinski definition) is 5. The molecule has 1 fully saturated rings. The molecule has 2 aliphatic rings. The van der Waals surface area contributed by atoms with Gasteiger partial charge in [-0.1, -0.05) is 11.6 Å². The van der Waals surface area contributed by atoms with Crippen LogP contribution in [-0.2, 0) is 0 Å². The van der Waals surface area contributed by atoms with Crippen LogP contribution < -0.4 is 16.6 Å². The molecule has 1 aromatic carbocycles. The van der Waals surface area contributed by atoms with Crippen molar-refractivity contribution in [3.05, 3.63) is 56.3 Å². The maximum atomic E-state index is 12.7. The number of halogens is 1. The summed E-state index contributed by atoms with van der Waals surface area (Å²) in [4.78, 5) is 50.7. The van der Waals surface area contributed by atoms with Crippen molar-refractivity contribution >= 4 is 35.1 Å². The summed E-state index contributed by atoms with van der Waals surface area (Å²) in [5.41, 5.74) is 5.99. The zero-order valence-corrected chi connectivity index (χ0v) is 15.6. The number of imide groups is 1. The molecule has 3 N–H and O–H groups in total. The molecule has 3 heterocycles. The van der Waals surface area contributed by atoms with Crippen molar-refractivity contribution in [2.75, 3.05) is 18.8 Å². The zero-order chi connectivity index (χ0) is 20.0. The Balaban J connectivity index is 1.76. The molecule has 28 heavy (non-hydrogen) atoms. The van der Waals surface area contributed by atoms with E-state index in [-0.39, 0.29) is 27.9 Å². The number of pyridine rings is 1. The lowest BCUT2D eigenvalue weighted by Gasteiger charge is -2.27. The van der Waals surface area contributed by atoms with Gasteiger partial charge in [-0.15, -0.1) is 0 Å². The maximum Gasteiger partial charge on any atom is 0.262 e. The van der Waals surface area contributed by atoms with E-state index in [2.05, 4.69) is 5.32 Å². The lowest BCUT2D eigenvalue weighted by atomic mass is 10.1. The summed E-state index contributed by atoms with van der Waals surface area (Å²) in [6, 6.07) is 5.60. The number of amides is 3. The predicted octanol–water partition coefficient (Wildman–Crippen LogP) is 1.58. The monoisotopic (exact) mass is 400 g/mol. The maximum absolute atomic E-state index is 12.7. The molecule has 0 atom stereocenters. The Morgan fingerprint density at radius 1 is 1.04 bits per heavy atom. The van der Waals surface area contributed by atoms with Crippen LogP contribution in [0.4, 0.5) is 5.82 Å². The van der Waals surface area contributed by atoms with Gasteiger partial charge >= 0.3 is 0 Å². The second kappa shape index (κ2) is 6.79. The average Bonchev–Trinajstić information content (AvgIpc) is 2.95. The number of aromatic nitrogens is 1. The van der Waals surface area contributed by atoms with Gasteiger partial charge in [-0.3, -0.25) is 29.1 Å². The Morgan fingerprint density at radius 2 is 1.75 bits per heavy atom. The Labute approximate surface area is 164 Å². The van der Waals surface area contributed by atoms with Gasteiger partial charge < -0.3 is 10.6 Å². The molecular weight excluding hydrogens is 384 g/mol. The molecule has 144 valence electrons. The Morgan fingerprint density at radius 3 is 2.43 bits per heavy atom. The van der Waals surface area contributed by atoms with Crippen molar-refractivity contribution in [3.8, 4) is 5.69 Å². The minimum atomic E-state index is -0.658. The van der Waals surface area contributed by atoms with Crippen LogP contribution in [0.15, 0.2) is 29.1 Å². The summed E-state index contributed by atoms with van der Waals surface area (Å²) in [5.74, 6) is -1.63. The molecule has 0 aliphatic carbocycles. The van der Waals surface area contributed by atoms with E-state index in [0.29, 0.717) is 24.3 Å². The lowest BCUT2D eigenvalue weighted by molar-refractivity contribution is 0.0724. The van der Waals surface area contributed by atoms with Crippen molar-refractivity contribution in [2.24, 2.45) is 0 Å². The van der Waals surface area contributed by atoms with Crippen molar-refractivity contribution in [1.29, 1.82) is 0 Å². The first kappa shape index (κ1) is 18.2. The highest BCUT2D eigenvalue weighted by atomic mass is 35.5. The summed E-state index contributed by atoms with van der Waals surface area (Å²) in [5, 5.41) is 2.30. The molecule has 0 unspecified atom stereocenters. The van der Waals surface area contributed by atoms with Gasteiger partial charge in [-0.05, 0) is 37.5 Å². The normalized spacial score (nSPS) is 16.1. The number of benzene rings is 1. The smallest absolute Gasteiger partial charge is 0.262 e. The third kappa shape index (κ3) is 2.86. The number of nitrogens with zero attached hydrogens (tertiary/aromatic N) is 2. The third-order valence-corrected chi connectivity index (χ3v) is 5.35.